The Bertz CT molecular complexity index is 758. The summed E-state index contributed by atoms with van der Waals surface area (Å²) in [5, 5.41) is 12.5. The number of alkyl halides is 3. The van der Waals surface area contributed by atoms with Crippen LogP contribution < -0.4 is 5.32 Å². The summed E-state index contributed by atoms with van der Waals surface area (Å²) in [5.41, 5.74) is -2.07. The third-order valence-electron chi connectivity index (χ3n) is 2.88. The first kappa shape index (κ1) is 16.4. The molecule has 23 heavy (non-hydrogen) atoms. The predicted molar refractivity (Wildman–Crippen MR) is 72.5 cm³/mol. The molecule has 2 aromatic rings. The van der Waals surface area contributed by atoms with Crippen LogP contribution in [0.5, 0.6) is 0 Å². The van der Waals surface area contributed by atoms with E-state index in [9.17, 15) is 32.5 Å². The first-order valence-electron chi connectivity index (χ1n) is 6.11. The van der Waals surface area contributed by atoms with E-state index in [2.05, 4.69) is 0 Å². The second kappa shape index (κ2) is 6.03. The van der Waals surface area contributed by atoms with Crippen LogP contribution in [0.1, 0.15) is 15.9 Å². The highest BCUT2D eigenvalue weighted by molar-refractivity contribution is 6.04. The largest absolute Gasteiger partial charge is 0.416 e. The number of nitrogens with zero attached hydrogens (tertiary/aromatic N) is 1. The summed E-state index contributed by atoms with van der Waals surface area (Å²) in [4.78, 5) is 21.7. The molecule has 0 aliphatic rings. The number of rotatable bonds is 3. The summed E-state index contributed by atoms with van der Waals surface area (Å²) in [7, 11) is 0. The van der Waals surface area contributed by atoms with E-state index < -0.39 is 34.1 Å². The van der Waals surface area contributed by atoms with Crippen LogP contribution in [-0.4, -0.2) is 10.8 Å². The zero-order valence-electron chi connectivity index (χ0n) is 11.2. The number of nitrogens with one attached hydrogen (secondary N) is 1. The van der Waals surface area contributed by atoms with E-state index in [0.717, 1.165) is 24.3 Å². The molecular formula is C14H8F4N2O3. The highest BCUT2D eigenvalue weighted by Crippen LogP contribution is 2.32. The Labute approximate surface area is 126 Å². The van der Waals surface area contributed by atoms with E-state index in [-0.39, 0.29) is 11.3 Å². The number of anilines is 1. The van der Waals surface area contributed by atoms with Crippen molar-refractivity contribution in [3.05, 3.63) is 69.5 Å². The number of nitro groups is 1. The molecule has 0 bridgehead atoms. The van der Waals surface area contributed by atoms with Gasteiger partial charge in [-0.3, -0.25) is 14.9 Å². The van der Waals surface area contributed by atoms with Gasteiger partial charge in [0.25, 0.3) is 11.6 Å². The molecule has 0 spiro atoms. The number of amides is 1. The molecule has 0 saturated heterocycles. The van der Waals surface area contributed by atoms with Gasteiger partial charge in [-0.1, -0.05) is 0 Å². The number of benzene rings is 2. The lowest BCUT2D eigenvalue weighted by Gasteiger charge is -2.11. The normalized spacial score (nSPS) is 11.1. The average molecular weight is 328 g/mol. The first-order chi connectivity index (χ1) is 10.7. The van der Waals surface area contributed by atoms with Crippen LogP contribution in [-0.2, 0) is 6.18 Å². The van der Waals surface area contributed by atoms with E-state index in [4.69, 9.17) is 0 Å². The number of hydrogen-bond donors (Lipinski definition) is 1. The Morgan fingerprint density at radius 3 is 2.22 bits per heavy atom. The second-order valence-corrected chi connectivity index (χ2v) is 4.45. The maximum Gasteiger partial charge on any atom is 0.416 e. The van der Waals surface area contributed by atoms with Gasteiger partial charge in [-0.2, -0.15) is 13.2 Å². The summed E-state index contributed by atoms with van der Waals surface area (Å²) in [6.07, 6.45) is -4.68. The summed E-state index contributed by atoms with van der Waals surface area (Å²) < 4.78 is 51.3. The van der Waals surface area contributed by atoms with Gasteiger partial charge in [0.15, 0.2) is 0 Å². The molecule has 120 valence electrons. The topological polar surface area (TPSA) is 72.2 Å². The zero-order valence-corrected chi connectivity index (χ0v) is 11.2. The molecule has 0 aromatic heterocycles. The standard InChI is InChI=1S/C14H8F4N2O3/c15-11-6-3-9(14(16,17)18)7-12(11)19-13(21)8-1-4-10(5-2-8)20(22)23/h1-7H,(H,19,21). The zero-order chi connectivity index (χ0) is 17.2. The van der Waals surface area contributed by atoms with Crippen LogP contribution in [0.3, 0.4) is 0 Å². The first-order valence-corrected chi connectivity index (χ1v) is 6.11. The van der Waals surface area contributed by atoms with Crippen molar-refractivity contribution in [1.29, 1.82) is 0 Å². The van der Waals surface area contributed by atoms with Gasteiger partial charge in [0, 0.05) is 17.7 Å². The van der Waals surface area contributed by atoms with Crippen LogP contribution in [0.4, 0.5) is 28.9 Å². The molecule has 2 aromatic carbocycles. The molecule has 9 heteroatoms. The molecule has 1 N–H and O–H groups in total. The summed E-state index contributed by atoms with van der Waals surface area (Å²) in [5.74, 6) is -1.92. The van der Waals surface area contributed by atoms with E-state index in [0.29, 0.717) is 18.2 Å². The molecule has 0 fully saturated rings. The van der Waals surface area contributed by atoms with Gasteiger partial charge in [0.2, 0.25) is 0 Å². The van der Waals surface area contributed by atoms with E-state index in [1.165, 1.54) is 0 Å². The minimum Gasteiger partial charge on any atom is -0.319 e. The summed E-state index contributed by atoms with van der Waals surface area (Å²) in [6, 6.07) is 5.94. The molecule has 0 atom stereocenters. The Morgan fingerprint density at radius 1 is 1.09 bits per heavy atom. The van der Waals surface area contributed by atoms with Gasteiger partial charge in [0.1, 0.15) is 5.82 Å². The van der Waals surface area contributed by atoms with Gasteiger partial charge < -0.3 is 5.32 Å². The van der Waals surface area contributed by atoms with Crippen LogP contribution in [0.15, 0.2) is 42.5 Å². The van der Waals surface area contributed by atoms with Crippen molar-refractivity contribution in [2.45, 2.75) is 6.18 Å². The van der Waals surface area contributed by atoms with Crippen molar-refractivity contribution in [3.63, 3.8) is 0 Å². The van der Waals surface area contributed by atoms with Crippen LogP contribution >= 0.6 is 0 Å². The van der Waals surface area contributed by atoms with Crippen molar-refractivity contribution in [3.8, 4) is 0 Å². The minimum absolute atomic E-state index is 0.0626. The quantitative estimate of drug-likeness (QED) is 0.526. The van der Waals surface area contributed by atoms with E-state index in [1.54, 1.807) is 0 Å². The summed E-state index contributed by atoms with van der Waals surface area (Å²) in [6.45, 7) is 0. The van der Waals surface area contributed by atoms with Gasteiger partial charge in [-0.05, 0) is 30.3 Å². The maximum absolute atomic E-state index is 13.5. The molecule has 0 radical (unpaired) electrons. The number of halogens is 4. The van der Waals surface area contributed by atoms with Gasteiger partial charge >= 0.3 is 6.18 Å². The molecule has 0 aliphatic carbocycles. The Morgan fingerprint density at radius 2 is 1.70 bits per heavy atom. The SMILES string of the molecule is O=C(Nc1cc(C(F)(F)F)ccc1F)c1ccc([N+](=O)[O-])cc1. The number of nitro benzene ring substituents is 1. The molecule has 0 aliphatic heterocycles. The smallest absolute Gasteiger partial charge is 0.319 e. The lowest BCUT2D eigenvalue weighted by atomic mass is 10.1. The average Bonchev–Trinajstić information content (AvgIpc) is 2.48. The van der Waals surface area contributed by atoms with Gasteiger partial charge in [-0.15, -0.1) is 0 Å². The third-order valence-corrected chi connectivity index (χ3v) is 2.88. The van der Waals surface area contributed by atoms with Crippen LogP contribution in [0, 0.1) is 15.9 Å². The number of non-ortho nitro benzene ring substituents is 1. The Kier molecular flexibility index (Phi) is 4.30. The molecule has 0 heterocycles. The summed E-state index contributed by atoms with van der Waals surface area (Å²) >= 11 is 0. The molecular weight excluding hydrogens is 320 g/mol. The Balaban J connectivity index is 2.24. The monoisotopic (exact) mass is 328 g/mol. The molecule has 2 rings (SSSR count). The van der Waals surface area contributed by atoms with Gasteiger partial charge in [-0.25, -0.2) is 4.39 Å². The predicted octanol–water partition coefficient (Wildman–Crippen LogP) is 4.01. The minimum atomic E-state index is -4.68. The fourth-order valence-corrected chi connectivity index (χ4v) is 1.73. The Hall–Kier alpha value is -2.97. The number of hydrogen-bond acceptors (Lipinski definition) is 3. The molecule has 1 amide bonds. The van der Waals surface area contributed by atoms with Crippen molar-refractivity contribution >= 4 is 17.3 Å². The van der Waals surface area contributed by atoms with Crippen molar-refractivity contribution in [2.75, 3.05) is 5.32 Å². The molecule has 5 nitrogen and oxygen atoms in total. The lowest BCUT2D eigenvalue weighted by Crippen LogP contribution is -2.14. The highest BCUT2D eigenvalue weighted by atomic mass is 19.4. The lowest BCUT2D eigenvalue weighted by molar-refractivity contribution is -0.384. The van der Waals surface area contributed by atoms with E-state index >= 15 is 0 Å². The highest BCUT2D eigenvalue weighted by Gasteiger charge is 2.31. The van der Waals surface area contributed by atoms with Crippen molar-refractivity contribution < 1.29 is 27.3 Å². The third kappa shape index (κ3) is 3.82. The van der Waals surface area contributed by atoms with Crippen molar-refractivity contribution in [2.24, 2.45) is 0 Å². The molecule has 0 unspecified atom stereocenters. The van der Waals surface area contributed by atoms with Crippen LogP contribution in [0.25, 0.3) is 0 Å². The van der Waals surface area contributed by atoms with Crippen LogP contribution in [0.2, 0.25) is 0 Å². The maximum atomic E-state index is 13.5. The van der Waals surface area contributed by atoms with Crippen molar-refractivity contribution in [1.82, 2.24) is 0 Å². The van der Waals surface area contributed by atoms with Gasteiger partial charge in [0.05, 0.1) is 16.2 Å². The fraction of sp³-hybridized carbons (Fsp3) is 0.0714. The fourth-order valence-electron chi connectivity index (χ4n) is 1.73. The number of carbonyl (C=O) groups is 1. The number of carbonyl (C=O) groups excluding carboxylic acids is 1. The molecule has 0 saturated carbocycles. The second-order valence-electron chi connectivity index (χ2n) is 4.45. The van der Waals surface area contributed by atoms with E-state index in [1.807, 2.05) is 5.32 Å².